The predicted molar refractivity (Wildman–Crippen MR) is 114 cm³/mol. The van der Waals surface area contributed by atoms with Crippen molar-refractivity contribution < 1.29 is 14.3 Å². The summed E-state index contributed by atoms with van der Waals surface area (Å²) >= 11 is 6.33. The molecule has 3 rings (SSSR count). The van der Waals surface area contributed by atoms with Gasteiger partial charge in [-0.2, -0.15) is 5.10 Å². The van der Waals surface area contributed by atoms with Crippen LogP contribution in [-0.2, 0) is 4.79 Å². The summed E-state index contributed by atoms with van der Waals surface area (Å²) in [4.78, 5) is 12.3. The fourth-order valence-corrected chi connectivity index (χ4v) is 3.00. The number of benzene rings is 2. The lowest BCUT2D eigenvalue weighted by atomic mass is 10.2. The van der Waals surface area contributed by atoms with Crippen molar-refractivity contribution in [1.82, 2.24) is 9.78 Å². The zero-order chi connectivity index (χ0) is 20.6. The first kappa shape index (κ1) is 20.5. The van der Waals surface area contributed by atoms with Gasteiger partial charge < -0.3 is 20.1 Å². The second-order valence-electron chi connectivity index (χ2n) is 6.05. The topological polar surface area (TPSA) is 77.4 Å². The molecule has 2 N–H and O–H groups in total. The van der Waals surface area contributed by atoms with E-state index in [-0.39, 0.29) is 12.5 Å². The Labute approximate surface area is 174 Å². The molecule has 0 bridgehead atoms. The van der Waals surface area contributed by atoms with Crippen molar-refractivity contribution in [3.8, 4) is 17.2 Å². The highest BCUT2D eigenvalue weighted by atomic mass is 35.5. The van der Waals surface area contributed by atoms with Crippen LogP contribution < -0.4 is 20.1 Å². The van der Waals surface area contributed by atoms with E-state index in [4.69, 9.17) is 21.1 Å². The molecule has 1 heterocycles. The second-order valence-corrected chi connectivity index (χ2v) is 6.45. The number of hydrogen-bond acceptors (Lipinski definition) is 5. The zero-order valence-corrected chi connectivity index (χ0v) is 17.1. The Balaban J connectivity index is 1.60. The molecule has 0 aliphatic carbocycles. The van der Waals surface area contributed by atoms with Gasteiger partial charge in [-0.1, -0.05) is 11.6 Å². The lowest BCUT2D eigenvalue weighted by Crippen LogP contribution is -2.21. The molecule has 0 unspecified atom stereocenters. The number of anilines is 2. The monoisotopic (exact) mass is 414 g/mol. The number of carbonyl (C=O) groups excluding carboxylic acids is 1. The zero-order valence-electron chi connectivity index (χ0n) is 16.3. The first-order valence-electron chi connectivity index (χ1n) is 9.33. The third-order valence-electron chi connectivity index (χ3n) is 3.98. The highest BCUT2D eigenvalue weighted by Crippen LogP contribution is 2.30. The smallest absolute Gasteiger partial charge is 0.243 e. The van der Waals surface area contributed by atoms with Crippen LogP contribution in [0, 0.1) is 0 Å². The van der Waals surface area contributed by atoms with Crippen molar-refractivity contribution in [2.75, 3.05) is 30.4 Å². The van der Waals surface area contributed by atoms with E-state index in [1.165, 1.54) is 0 Å². The van der Waals surface area contributed by atoms with E-state index in [1.54, 1.807) is 35.1 Å². The van der Waals surface area contributed by atoms with Crippen LogP contribution in [0.3, 0.4) is 0 Å². The predicted octanol–water partition coefficient (Wildman–Crippen LogP) is 4.37. The van der Waals surface area contributed by atoms with Gasteiger partial charge in [0.15, 0.2) is 11.5 Å². The summed E-state index contributed by atoms with van der Waals surface area (Å²) in [5.74, 6) is 1.06. The summed E-state index contributed by atoms with van der Waals surface area (Å²) in [6.07, 6.45) is 3.50. The molecule has 0 radical (unpaired) electrons. The quantitative estimate of drug-likeness (QED) is 0.543. The average Bonchev–Trinajstić information content (AvgIpc) is 3.23. The molecule has 0 aliphatic rings. The maximum Gasteiger partial charge on any atom is 0.243 e. The van der Waals surface area contributed by atoms with Gasteiger partial charge in [0.2, 0.25) is 5.91 Å². The van der Waals surface area contributed by atoms with Gasteiger partial charge in [0.25, 0.3) is 0 Å². The number of nitrogens with zero attached hydrogens (tertiary/aromatic N) is 2. The molecule has 0 saturated carbocycles. The minimum absolute atomic E-state index is 0.0919. The van der Waals surface area contributed by atoms with Gasteiger partial charge in [-0.25, -0.2) is 4.68 Å². The molecule has 0 saturated heterocycles. The van der Waals surface area contributed by atoms with Gasteiger partial charge in [-0.15, -0.1) is 0 Å². The number of aromatic nitrogens is 2. The lowest BCUT2D eigenvalue weighted by molar-refractivity contribution is -0.114. The van der Waals surface area contributed by atoms with Gasteiger partial charge in [0.05, 0.1) is 30.5 Å². The first-order chi connectivity index (χ1) is 14.1. The average molecular weight is 415 g/mol. The number of carbonyl (C=O) groups is 1. The van der Waals surface area contributed by atoms with E-state index in [2.05, 4.69) is 15.7 Å². The lowest BCUT2D eigenvalue weighted by Gasteiger charge is -2.13. The molecule has 29 heavy (non-hydrogen) atoms. The molecule has 1 aromatic heterocycles. The van der Waals surface area contributed by atoms with Crippen LogP contribution in [0.25, 0.3) is 5.69 Å². The van der Waals surface area contributed by atoms with E-state index in [9.17, 15) is 4.79 Å². The molecular weight excluding hydrogens is 392 g/mol. The maximum atomic E-state index is 12.3. The van der Waals surface area contributed by atoms with Crippen molar-refractivity contribution in [1.29, 1.82) is 0 Å². The summed E-state index contributed by atoms with van der Waals surface area (Å²) in [5, 5.41) is 10.6. The second kappa shape index (κ2) is 9.84. The largest absolute Gasteiger partial charge is 0.490 e. The van der Waals surface area contributed by atoms with Crippen molar-refractivity contribution >= 4 is 28.9 Å². The Morgan fingerprint density at radius 3 is 2.52 bits per heavy atom. The van der Waals surface area contributed by atoms with E-state index < -0.39 is 0 Å². The molecule has 152 valence electrons. The molecular formula is C21H23ClN4O3. The Hall–Kier alpha value is -3.19. The Kier molecular flexibility index (Phi) is 6.97. The molecule has 3 aromatic rings. The number of amides is 1. The minimum Gasteiger partial charge on any atom is -0.490 e. The SMILES string of the molecule is CCOc1ccc(NC(=O)CNc2ccc(-n3cccn3)c(Cl)c2)cc1OCC. The number of halogens is 1. The normalized spacial score (nSPS) is 10.4. The molecule has 0 spiro atoms. The van der Waals surface area contributed by atoms with Gasteiger partial charge >= 0.3 is 0 Å². The minimum atomic E-state index is -0.191. The van der Waals surface area contributed by atoms with E-state index in [0.29, 0.717) is 35.4 Å². The number of nitrogens with one attached hydrogen (secondary N) is 2. The number of hydrogen-bond donors (Lipinski definition) is 2. The Morgan fingerprint density at radius 2 is 1.83 bits per heavy atom. The molecule has 8 heteroatoms. The Bertz CT molecular complexity index is 961. The van der Waals surface area contributed by atoms with Crippen LogP contribution in [0.15, 0.2) is 54.9 Å². The number of rotatable bonds is 9. The number of ether oxygens (including phenoxy) is 2. The van der Waals surface area contributed by atoms with Gasteiger partial charge in [0, 0.05) is 29.8 Å². The van der Waals surface area contributed by atoms with Crippen molar-refractivity contribution in [2.24, 2.45) is 0 Å². The third kappa shape index (κ3) is 5.42. The van der Waals surface area contributed by atoms with Crippen LogP contribution in [0.1, 0.15) is 13.8 Å². The maximum absolute atomic E-state index is 12.3. The Morgan fingerprint density at radius 1 is 1.07 bits per heavy atom. The van der Waals surface area contributed by atoms with E-state index in [0.717, 1.165) is 11.4 Å². The van der Waals surface area contributed by atoms with E-state index >= 15 is 0 Å². The van der Waals surface area contributed by atoms with Gasteiger partial charge in [-0.3, -0.25) is 4.79 Å². The van der Waals surface area contributed by atoms with Crippen molar-refractivity contribution in [3.63, 3.8) is 0 Å². The van der Waals surface area contributed by atoms with Crippen LogP contribution in [0.5, 0.6) is 11.5 Å². The highest BCUT2D eigenvalue weighted by molar-refractivity contribution is 6.32. The van der Waals surface area contributed by atoms with Crippen molar-refractivity contribution in [2.45, 2.75) is 13.8 Å². The summed E-state index contributed by atoms with van der Waals surface area (Å²) in [7, 11) is 0. The third-order valence-corrected chi connectivity index (χ3v) is 4.28. The van der Waals surface area contributed by atoms with Crippen LogP contribution >= 0.6 is 11.6 Å². The fraction of sp³-hybridized carbons (Fsp3) is 0.238. The fourth-order valence-electron chi connectivity index (χ4n) is 2.73. The van der Waals surface area contributed by atoms with Gasteiger partial charge in [-0.05, 0) is 50.2 Å². The molecule has 0 aliphatic heterocycles. The van der Waals surface area contributed by atoms with E-state index in [1.807, 2.05) is 38.2 Å². The van der Waals surface area contributed by atoms with Crippen LogP contribution in [0.2, 0.25) is 5.02 Å². The first-order valence-corrected chi connectivity index (χ1v) is 9.71. The highest BCUT2D eigenvalue weighted by Gasteiger charge is 2.09. The summed E-state index contributed by atoms with van der Waals surface area (Å²) in [6, 6.07) is 12.6. The summed E-state index contributed by atoms with van der Waals surface area (Å²) in [6.45, 7) is 4.94. The molecule has 0 atom stereocenters. The molecule has 0 fully saturated rings. The summed E-state index contributed by atoms with van der Waals surface area (Å²) in [5.41, 5.74) is 2.14. The van der Waals surface area contributed by atoms with Crippen molar-refractivity contribution in [3.05, 3.63) is 59.9 Å². The van der Waals surface area contributed by atoms with Gasteiger partial charge in [0.1, 0.15) is 0 Å². The molecule has 2 aromatic carbocycles. The molecule has 1 amide bonds. The van der Waals surface area contributed by atoms with Crippen LogP contribution in [0.4, 0.5) is 11.4 Å². The summed E-state index contributed by atoms with van der Waals surface area (Å²) < 4.78 is 12.8. The van der Waals surface area contributed by atoms with Crippen LogP contribution in [-0.4, -0.2) is 35.4 Å². The molecule has 7 nitrogen and oxygen atoms in total. The standard InChI is InChI=1S/C21H23ClN4O3/c1-3-28-19-9-7-16(13-20(19)29-4-2)25-21(27)14-23-15-6-8-18(17(22)12-15)26-11-5-10-24-26/h5-13,23H,3-4,14H2,1-2H3,(H,25,27).